The number of halogens is 1. The summed E-state index contributed by atoms with van der Waals surface area (Å²) < 4.78 is 27.0. The molecule has 0 unspecified atom stereocenters. The van der Waals surface area contributed by atoms with Crippen molar-refractivity contribution in [3.05, 3.63) is 102 Å². The van der Waals surface area contributed by atoms with Crippen LogP contribution in [0.4, 0.5) is 4.39 Å². The van der Waals surface area contributed by atoms with Gasteiger partial charge in [0.15, 0.2) is 23.9 Å². The molecule has 0 saturated carbocycles. The number of tetrazole rings is 1. The molecule has 0 fully saturated rings. The SMILES string of the molecule is Cn1nnnc1/C(=N\OCc1nnc(-c2ccccc2Oc2ccccc2F)o1)c1ccccc1. The zero-order valence-electron chi connectivity index (χ0n) is 18.4. The number of ether oxygens (including phenoxy) is 1. The average Bonchev–Trinajstić information content (AvgIpc) is 3.53. The van der Waals surface area contributed by atoms with Crippen LogP contribution in [0.2, 0.25) is 0 Å². The predicted octanol–water partition coefficient (Wildman–Crippen LogP) is 4.16. The minimum Gasteiger partial charge on any atom is -0.453 e. The fourth-order valence-electron chi connectivity index (χ4n) is 3.20. The first-order chi connectivity index (χ1) is 17.2. The third-order valence-corrected chi connectivity index (χ3v) is 4.86. The molecule has 0 bridgehead atoms. The lowest BCUT2D eigenvalue weighted by Gasteiger charge is -2.09. The van der Waals surface area contributed by atoms with Crippen molar-refractivity contribution in [2.75, 3.05) is 0 Å². The topological polar surface area (TPSA) is 113 Å². The maximum atomic E-state index is 14.0. The van der Waals surface area contributed by atoms with Crippen LogP contribution in [0.1, 0.15) is 17.3 Å². The Morgan fingerprint density at radius 3 is 2.43 bits per heavy atom. The number of aromatic nitrogens is 6. The van der Waals surface area contributed by atoms with Gasteiger partial charge < -0.3 is 14.0 Å². The van der Waals surface area contributed by atoms with Gasteiger partial charge in [-0.1, -0.05) is 59.8 Å². The molecule has 0 N–H and O–H groups in total. The van der Waals surface area contributed by atoms with Crippen molar-refractivity contribution in [2.24, 2.45) is 12.2 Å². The normalized spacial score (nSPS) is 11.4. The molecule has 2 heterocycles. The van der Waals surface area contributed by atoms with E-state index in [0.717, 1.165) is 5.56 Å². The van der Waals surface area contributed by atoms with Crippen molar-refractivity contribution in [3.8, 4) is 23.0 Å². The minimum absolute atomic E-state index is 0.0871. The van der Waals surface area contributed by atoms with Crippen LogP contribution in [0.25, 0.3) is 11.5 Å². The average molecular weight is 471 g/mol. The molecule has 0 atom stereocenters. The van der Waals surface area contributed by atoms with Gasteiger partial charge >= 0.3 is 0 Å². The monoisotopic (exact) mass is 471 g/mol. The van der Waals surface area contributed by atoms with Gasteiger partial charge in [-0.2, -0.15) is 0 Å². The Kier molecular flexibility index (Phi) is 6.20. The summed E-state index contributed by atoms with van der Waals surface area (Å²) in [7, 11) is 1.71. The van der Waals surface area contributed by atoms with Crippen molar-refractivity contribution in [1.29, 1.82) is 0 Å². The summed E-state index contributed by atoms with van der Waals surface area (Å²) in [6.45, 7) is -0.0923. The van der Waals surface area contributed by atoms with Crippen LogP contribution in [-0.4, -0.2) is 36.1 Å². The molecule has 0 aliphatic carbocycles. The highest BCUT2D eigenvalue weighted by Crippen LogP contribution is 2.33. The van der Waals surface area contributed by atoms with Gasteiger partial charge in [-0.25, -0.2) is 9.07 Å². The number of benzene rings is 3. The summed E-state index contributed by atoms with van der Waals surface area (Å²) in [6.07, 6.45) is 0. The molecule has 174 valence electrons. The van der Waals surface area contributed by atoms with Crippen molar-refractivity contribution in [3.63, 3.8) is 0 Å². The summed E-state index contributed by atoms with van der Waals surface area (Å²) in [6, 6.07) is 22.5. The lowest BCUT2D eigenvalue weighted by Crippen LogP contribution is -2.12. The number of hydrogen-bond donors (Lipinski definition) is 0. The lowest BCUT2D eigenvalue weighted by molar-refractivity contribution is 0.111. The maximum Gasteiger partial charge on any atom is 0.257 e. The molecular weight excluding hydrogens is 453 g/mol. The third-order valence-electron chi connectivity index (χ3n) is 4.86. The fourth-order valence-corrected chi connectivity index (χ4v) is 3.20. The molecular formula is C24H18FN7O3. The second kappa shape index (κ2) is 9.91. The number of nitrogens with zero attached hydrogens (tertiary/aromatic N) is 7. The van der Waals surface area contributed by atoms with Crippen LogP contribution in [0, 0.1) is 5.82 Å². The molecule has 2 aromatic heterocycles. The standard InChI is InChI=1S/C24H18FN7O3/c1-32-23(27-30-31-32)22(16-9-3-2-4-10-16)29-33-15-21-26-28-24(35-21)17-11-5-7-13-19(17)34-20-14-8-6-12-18(20)25/h2-14H,15H2,1H3/b29-22-. The third kappa shape index (κ3) is 4.88. The second-order valence-corrected chi connectivity index (χ2v) is 7.24. The van der Waals surface area contributed by atoms with E-state index in [2.05, 4.69) is 30.9 Å². The van der Waals surface area contributed by atoms with Gasteiger partial charge in [-0.3, -0.25) is 0 Å². The second-order valence-electron chi connectivity index (χ2n) is 7.24. The van der Waals surface area contributed by atoms with Crippen molar-refractivity contribution >= 4 is 5.71 Å². The number of hydrogen-bond acceptors (Lipinski definition) is 9. The van der Waals surface area contributed by atoms with E-state index in [4.69, 9.17) is 14.0 Å². The first-order valence-corrected chi connectivity index (χ1v) is 10.5. The van der Waals surface area contributed by atoms with Crippen LogP contribution in [0.3, 0.4) is 0 Å². The van der Waals surface area contributed by atoms with Gasteiger partial charge in [0.05, 0.1) is 5.56 Å². The van der Waals surface area contributed by atoms with Gasteiger partial charge in [-0.05, 0) is 34.7 Å². The summed E-state index contributed by atoms with van der Waals surface area (Å²) in [5.74, 6) is 0.791. The molecule has 3 aromatic carbocycles. The van der Waals surface area contributed by atoms with Crippen LogP contribution in [0.15, 0.2) is 88.4 Å². The Balaban J connectivity index is 1.35. The zero-order chi connectivity index (χ0) is 24.0. The molecule has 0 spiro atoms. The highest BCUT2D eigenvalue weighted by atomic mass is 19.1. The highest BCUT2D eigenvalue weighted by molar-refractivity contribution is 6.10. The molecule has 0 aliphatic heterocycles. The smallest absolute Gasteiger partial charge is 0.257 e. The zero-order valence-corrected chi connectivity index (χ0v) is 18.4. The molecule has 11 heteroatoms. The van der Waals surface area contributed by atoms with E-state index in [1.165, 1.54) is 16.8 Å². The Labute approximate surface area is 198 Å². The Bertz CT molecular complexity index is 1470. The molecule has 10 nitrogen and oxygen atoms in total. The predicted molar refractivity (Wildman–Crippen MR) is 122 cm³/mol. The molecule has 5 rings (SSSR count). The van der Waals surface area contributed by atoms with Gasteiger partial charge in [0.25, 0.3) is 11.8 Å². The van der Waals surface area contributed by atoms with Gasteiger partial charge in [0.2, 0.25) is 5.82 Å². The van der Waals surface area contributed by atoms with Crippen LogP contribution < -0.4 is 4.74 Å². The van der Waals surface area contributed by atoms with Crippen LogP contribution in [0.5, 0.6) is 11.5 Å². The highest BCUT2D eigenvalue weighted by Gasteiger charge is 2.17. The lowest BCUT2D eigenvalue weighted by atomic mass is 10.1. The van der Waals surface area contributed by atoms with Gasteiger partial charge in [-0.15, -0.1) is 15.3 Å². The van der Waals surface area contributed by atoms with E-state index < -0.39 is 5.82 Å². The Morgan fingerprint density at radius 1 is 0.914 bits per heavy atom. The molecule has 0 saturated heterocycles. The number of oxime groups is 1. The molecule has 0 radical (unpaired) electrons. The van der Waals surface area contributed by atoms with E-state index in [1.54, 1.807) is 43.4 Å². The summed E-state index contributed by atoms with van der Waals surface area (Å²) in [5, 5.41) is 23.8. The van der Waals surface area contributed by atoms with E-state index in [1.807, 2.05) is 30.3 Å². The first-order valence-electron chi connectivity index (χ1n) is 10.5. The number of rotatable bonds is 8. The Morgan fingerprint density at radius 2 is 1.66 bits per heavy atom. The molecule has 5 aromatic rings. The van der Waals surface area contributed by atoms with Crippen molar-refractivity contribution in [1.82, 2.24) is 30.4 Å². The van der Waals surface area contributed by atoms with Crippen molar-refractivity contribution < 1.29 is 18.4 Å². The van der Waals surface area contributed by atoms with Crippen molar-refractivity contribution in [2.45, 2.75) is 6.61 Å². The summed E-state index contributed by atoms with van der Waals surface area (Å²) in [4.78, 5) is 5.51. The quantitative estimate of drug-likeness (QED) is 0.245. The number of aryl methyl sites for hydroxylation is 1. The summed E-state index contributed by atoms with van der Waals surface area (Å²) in [5.41, 5.74) is 1.73. The largest absolute Gasteiger partial charge is 0.453 e. The number of para-hydroxylation sites is 2. The van der Waals surface area contributed by atoms with E-state index in [0.29, 0.717) is 22.8 Å². The first kappa shape index (κ1) is 21.9. The van der Waals surface area contributed by atoms with Gasteiger partial charge in [0, 0.05) is 12.6 Å². The molecule has 0 aliphatic rings. The minimum atomic E-state index is -0.480. The van der Waals surface area contributed by atoms with E-state index in [9.17, 15) is 4.39 Å². The maximum absolute atomic E-state index is 14.0. The van der Waals surface area contributed by atoms with E-state index in [-0.39, 0.29) is 24.1 Å². The van der Waals surface area contributed by atoms with Crippen LogP contribution >= 0.6 is 0 Å². The fraction of sp³-hybridized carbons (Fsp3) is 0.0833. The molecule has 0 amide bonds. The van der Waals surface area contributed by atoms with Gasteiger partial charge in [0.1, 0.15) is 5.75 Å². The van der Waals surface area contributed by atoms with Crippen LogP contribution in [-0.2, 0) is 18.5 Å². The molecule has 35 heavy (non-hydrogen) atoms. The Hall–Kier alpha value is -4.93. The summed E-state index contributed by atoms with van der Waals surface area (Å²) >= 11 is 0. The van der Waals surface area contributed by atoms with E-state index >= 15 is 0 Å².